The van der Waals surface area contributed by atoms with Gasteiger partial charge in [-0.2, -0.15) is 8.42 Å². The van der Waals surface area contributed by atoms with Crippen molar-refractivity contribution in [1.82, 2.24) is 4.98 Å². The van der Waals surface area contributed by atoms with Crippen LogP contribution in [0.4, 0.5) is 28.7 Å². The number of benzene rings is 1. The number of nitrogen functional groups attached to an aromatic ring is 1. The zero-order valence-corrected chi connectivity index (χ0v) is 24.9. The van der Waals surface area contributed by atoms with E-state index in [1.54, 1.807) is 0 Å². The number of hydrogen-bond acceptors (Lipinski definition) is 14. The first-order valence-electron chi connectivity index (χ1n) is 11.3. The number of hydrogen-bond donors (Lipinski definition) is 4. The van der Waals surface area contributed by atoms with E-state index in [9.17, 15) is 38.2 Å². The number of nitrogens with two attached hydrogens (primary N) is 1. The monoisotopic (exact) mass is 648 g/mol. The van der Waals surface area contributed by atoms with Crippen molar-refractivity contribution in [2.24, 2.45) is 10.2 Å². The predicted octanol–water partition coefficient (Wildman–Crippen LogP) is 2.49. The number of aromatic nitrogens is 1. The molecule has 0 aliphatic heterocycles. The van der Waals surface area contributed by atoms with Crippen molar-refractivity contribution in [1.29, 1.82) is 0 Å². The topological polar surface area (TPSA) is 244 Å². The van der Waals surface area contributed by atoms with Gasteiger partial charge >= 0.3 is 0 Å². The summed E-state index contributed by atoms with van der Waals surface area (Å²) in [6, 6.07) is 2.71. The van der Waals surface area contributed by atoms with E-state index < -0.39 is 55.1 Å². The van der Waals surface area contributed by atoms with Crippen LogP contribution in [0.25, 0.3) is 0 Å². The van der Waals surface area contributed by atoms with E-state index in [0.717, 1.165) is 22.9 Å². The van der Waals surface area contributed by atoms with E-state index in [0.29, 0.717) is 11.5 Å². The second-order valence-corrected chi connectivity index (χ2v) is 15.6. The molecule has 0 bridgehead atoms. The SMILES string of the molecule is C=CS(=O)(=O)CCNc1nc(NCCS(=O)(=O)C=C)c(N=Nc2ccc(S(=O)(=O)C=C)cc2S(=O)(=O)O)c(C)c1N. The van der Waals surface area contributed by atoms with Crippen LogP contribution in [0.15, 0.2) is 74.2 Å². The summed E-state index contributed by atoms with van der Waals surface area (Å²) in [6.45, 7) is 10.8. The number of rotatable bonds is 15. The van der Waals surface area contributed by atoms with Gasteiger partial charge in [0, 0.05) is 34.9 Å². The van der Waals surface area contributed by atoms with Crippen molar-refractivity contribution in [3.8, 4) is 0 Å². The fourth-order valence-electron chi connectivity index (χ4n) is 3.04. The third-order valence-corrected chi connectivity index (χ3v) is 10.1. The summed E-state index contributed by atoms with van der Waals surface area (Å²) < 4.78 is 105. The Labute approximate surface area is 238 Å². The van der Waals surface area contributed by atoms with Gasteiger partial charge in [0.1, 0.15) is 16.3 Å². The molecule has 2 rings (SSSR count). The zero-order chi connectivity index (χ0) is 31.2. The van der Waals surface area contributed by atoms with Crippen molar-refractivity contribution < 1.29 is 38.2 Å². The van der Waals surface area contributed by atoms with Crippen molar-refractivity contribution in [3.63, 3.8) is 0 Å². The van der Waals surface area contributed by atoms with E-state index in [1.807, 2.05) is 0 Å². The molecule has 1 aromatic carbocycles. The standard InChI is InChI=1S/C22H28N6O9S4/c1-5-38(29,30)12-10-24-21-19(23)15(4)20(22(26-21)25-11-13-39(31,32)6-2)28-27-17-9-8-16(40(33,34)7-3)14-18(17)41(35,36)37/h5-9,14H,1-3,10-13,23H2,4H3,(H2,24,25,26)(H,35,36,37). The van der Waals surface area contributed by atoms with Crippen LogP contribution >= 0.6 is 0 Å². The normalized spacial score (nSPS) is 12.6. The Balaban J connectivity index is 2.63. The molecule has 0 radical (unpaired) electrons. The molecule has 0 saturated heterocycles. The highest BCUT2D eigenvalue weighted by Crippen LogP contribution is 2.37. The summed E-state index contributed by atoms with van der Waals surface area (Å²) in [5, 5.41) is 15.6. The molecule has 0 aliphatic carbocycles. The maximum absolute atomic E-state index is 12.1. The lowest BCUT2D eigenvalue weighted by molar-refractivity contribution is 0.483. The predicted molar refractivity (Wildman–Crippen MR) is 156 cm³/mol. The third kappa shape index (κ3) is 8.92. The average molecular weight is 649 g/mol. The van der Waals surface area contributed by atoms with Crippen LogP contribution in [0.3, 0.4) is 0 Å². The minimum atomic E-state index is -4.97. The Bertz CT molecular complexity index is 1840. The number of sulfone groups is 3. The van der Waals surface area contributed by atoms with Gasteiger partial charge in [0.2, 0.25) is 0 Å². The van der Waals surface area contributed by atoms with Crippen LogP contribution in [0.2, 0.25) is 0 Å². The van der Waals surface area contributed by atoms with Gasteiger partial charge < -0.3 is 16.4 Å². The quantitative estimate of drug-likeness (QED) is 0.160. The van der Waals surface area contributed by atoms with Gasteiger partial charge in [0.25, 0.3) is 10.1 Å². The zero-order valence-electron chi connectivity index (χ0n) is 21.7. The van der Waals surface area contributed by atoms with E-state index in [2.05, 4.69) is 45.6 Å². The van der Waals surface area contributed by atoms with Crippen molar-refractivity contribution in [2.45, 2.75) is 16.7 Å². The van der Waals surface area contributed by atoms with Crippen LogP contribution in [0.1, 0.15) is 5.56 Å². The lowest BCUT2D eigenvalue weighted by Gasteiger charge is -2.16. The van der Waals surface area contributed by atoms with E-state index in [-0.39, 0.29) is 53.2 Å². The Kier molecular flexibility index (Phi) is 10.6. The molecule has 0 fully saturated rings. The van der Waals surface area contributed by atoms with Crippen molar-refractivity contribution in [3.05, 3.63) is 59.7 Å². The highest BCUT2D eigenvalue weighted by Gasteiger charge is 2.22. The molecule has 2 aromatic rings. The molecule has 0 aliphatic rings. The molecule has 19 heteroatoms. The first kappa shape index (κ1) is 33.6. The molecule has 224 valence electrons. The Morgan fingerprint density at radius 3 is 1.90 bits per heavy atom. The maximum atomic E-state index is 12.1. The molecule has 15 nitrogen and oxygen atoms in total. The summed E-state index contributed by atoms with van der Waals surface area (Å²) in [5.74, 6) is -0.737. The van der Waals surface area contributed by atoms with Gasteiger partial charge in [0.15, 0.2) is 41.1 Å². The van der Waals surface area contributed by atoms with E-state index >= 15 is 0 Å². The Morgan fingerprint density at radius 1 is 0.878 bits per heavy atom. The van der Waals surface area contributed by atoms with Gasteiger partial charge in [-0.1, -0.05) is 19.7 Å². The first-order valence-corrected chi connectivity index (χ1v) is 17.7. The van der Waals surface area contributed by atoms with E-state index in [1.165, 1.54) is 6.92 Å². The summed E-state index contributed by atoms with van der Waals surface area (Å²) in [4.78, 5) is 2.93. The fraction of sp³-hybridized carbons (Fsp3) is 0.227. The molecule has 0 saturated carbocycles. The lowest BCUT2D eigenvalue weighted by atomic mass is 10.2. The molecule has 1 aromatic heterocycles. The molecule has 0 spiro atoms. The van der Waals surface area contributed by atoms with Crippen LogP contribution in [-0.2, 0) is 39.6 Å². The van der Waals surface area contributed by atoms with Crippen LogP contribution in [0.5, 0.6) is 0 Å². The van der Waals surface area contributed by atoms with Crippen molar-refractivity contribution >= 4 is 68.3 Å². The number of nitrogens with zero attached hydrogens (tertiary/aromatic N) is 3. The first-order chi connectivity index (χ1) is 18.9. The molecule has 0 unspecified atom stereocenters. The summed E-state index contributed by atoms with van der Waals surface area (Å²) in [5.41, 5.74) is 5.90. The minimum Gasteiger partial charge on any atom is -0.395 e. The van der Waals surface area contributed by atoms with Crippen LogP contribution in [0, 0.1) is 6.92 Å². The van der Waals surface area contributed by atoms with Gasteiger partial charge in [-0.25, -0.2) is 30.2 Å². The molecular weight excluding hydrogens is 621 g/mol. The smallest absolute Gasteiger partial charge is 0.296 e. The highest BCUT2D eigenvalue weighted by molar-refractivity contribution is 7.94. The molecule has 1 heterocycles. The summed E-state index contributed by atoms with van der Waals surface area (Å²) >= 11 is 0. The second kappa shape index (κ2) is 12.9. The molecular formula is C22H28N6O9S4. The molecule has 41 heavy (non-hydrogen) atoms. The Hall–Kier alpha value is -3.65. The van der Waals surface area contributed by atoms with E-state index in [4.69, 9.17) is 5.73 Å². The highest BCUT2D eigenvalue weighted by atomic mass is 32.2. The number of anilines is 3. The van der Waals surface area contributed by atoms with Crippen LogP contribution < -0.4 is 16.4 Å². The third-order valence-electron chi connectivity index (χ3n) is 5.34. The second-order valence-electron chi connectivity index (χ2n) is 8.13. The largest absolute Gasteiger partial charge is 0.395 e. The minimum absolute atomic E-state index is 0.0154. The maximum Gasteiger partial charge on any atom is 0.296 e. The van der Waals surface area contributed by atoms with Crippen LogP contribution in [-0.4, -0.2) is 67.8 Å². The van der Waals surface area contributed by atoms with Crippen molar-refractivity contribution in [2.75, 3.05) is 41.0 Å². The summed E-state index contributed by atoms with van der Waals surface area (Å²) in [6.07, 6.45) is 0. The molecule has 5 N–H and O–H groups in total. The fourth-order valence-corrected chi connectivity index (χ4v) is 5.60. The number of pyridine rings is 1. The summed E-state index contributed by atoms with van der Waals surface area (Å²) in [7, 11) is -16.2. The molecule has 0 atom stereocenters. The van der Waals surface area contributed by atoms with Gasteiger partial charge in [0.05, 0.1) is 22.1 Å². The number of nitrogens with one attached hydrogen (secondary N) is 2. The Morgan fingerprint density at radius 2 is 1.41 bits per heavy atom. The molecule has 0 amide bonds. The van der Waals surface area contributed by atoms with Gasteiger partial charge in [-0.15, -0.1) is 10.2 Å². The lowest BCUT2D eigenvalue weighted by Crippen LogP contribution is -2.18. The number of azo groups is 1. The average Bonchev–Trinajstić information content (AvgIpc) is 2.90. The van der Waals surface area contributed by atoms with Gasteiger partial charge in [-0.05, 0) is 25.1 Å². The van der Waals surface area contributed by atoms with Gasteiger partial charge in [-0.3, -0.25) is 4.55 Å².